The van der Waals surface area contributed by atoms with Crippen molar-refractivity contribution in [2.75, 3.05) is 12.4 Å². The molecule has 0 bridgehead atoms. The van der Waals surface area contributed by atoms with Crippen LogP contribution in [0.5, 0.6) is 0 Å². The SMILES string of the molecule is CN1C(=O)C(Nc2ccccc2)=C(c2ccc(Cl)cc2)C1=O. The predicted molar refractivity (Wildman–Crippen MR) is 86.2 cm³/mol. The average molecular weight is 313 g/mol. The normalized spacial score (nSPS) is 14.7. The number of hydrogen-bond donors (Lipinski definition) is 1. The summed E-state index contributed by atoms with van der Waals surface area (Å²) in [7, 11) is 1.47. The summed E-state index contributed by atoms with van der Waals surface area (Å²) in [4.78, 5) is 25.8. The fourth-order valence-corrected chi connectivity index (χ4v) is 2.43. The van der Waals surface area contributed by atoms with Gasteiger partial charge in [0.2, 0.25) is 0 Å². The van der Waals surface area contributed by atoms with Crippen molar-refractivity contribution in [1.29, 1.82) is 0 Å². The van der Waals surface area contributed by atoms with Gasteiger partial charge in [-0.05, 0) is 29.8 Å². The molecule has 0 saturated carbocycles. The van der Waals surface area contributed by atoms with E-state index in [2.05, 4.69) is 5.32 Å². The van der Waals surface area contributed by atoms with Gasteiger partial charge in [0.05, 0.1) is 5.57 Å². The molecule has 2 aromatic rings. The smallest absolute Gasteiger partial charge is 0.277 e. The van der Waals surface area contributed by atoms with E-state index in [1.54, 1.807) is 24.3 Å². The monoisotopic (exact) mass is 312 g/mol. The zero-order chi connectivity index (χ0) is 15.7. The van der Waals surface area contributed by atoms with Crippen LogP contribution in [0, 0.1) is 0 Å². The number of halogens is 1. The number of carbonyl (C=O) groups is 2. The molecule has 2 aromatic carbocycles. The highest BCUT2D eigenvalue weighted by Gasteiger charge is 2.36. The Bertz CT molecular complexity index is 767. The number of rotatable bonds is 3. The highest BCUT2D eigenvalue weighted by Crippen LogP contribution is 2.30. The molecule has 0 unspecified atom stereocenters. The van der Waals surface area contributed by atoms with E-state index in [1.165, 1.54) is 7.05 Å². The summed E-state index contributed by atoms with van der Waals surface area (Å²) in [6, 6.07) is 16.1. The lowest BCUT2D eigenvalue weighted by Crippen LogP contribution is -2.27. The molecule has 0 saturated heterocycles. The van der Waals surface area contributed by atoms with Crippen molar-refractivity contribution >= 4 is 34.7 Å². The standard InChI is InChI=1S/C17H13ClN2O2/c1-20-16(21)14(11-7-9-12(18)10-8-11)15(17(20)22)19-13-5-3-2-4-6-13/h2-10,19H,1H3. The van der Waals surface area contributed by atoms with Crippen molar-refractivity contribution in [3.63, 3.8) is 0 Å². The molecule has 0 spiro atoms. The van der Waals surface area contributed by atoms with Crippen molar-refractivity contribution in [2.24, 2.45) is 0 Å². The lowest BCUT2D eigenvalue weighted by Gasteiger charge is -2.08. The summed E-state index contributed by atoms with van der Waals surface area (Å²) in [5, 5.41) is 3.63. The molecular formula is C17H13ClN2O2. The lowest BCUT2D eigenvalue weighted by molar-refractivity contribution is -0.135. The van der Waals surface area contributed by atoms with Crippen molar-refractivity contribution in [2.45, 2.75) is 0 Å². The number of anilines is 1. The average Bonchev–Trinajstić information content (AvgIpc) is 2.74. The first kappa shape index (κ1) is 14.4. The molecule has 22 heavy (non-hydrogen) atoms. The first-order chi connectivity index (χ1) is 10.6. The van der Waals surface area contributed by atoms with Crippen molar-refractivity contribution < 1.29 is 9.59 Å². The van der Waals surface area contributed by atoms with Gasteiger partial charge in [0, 0.05) is 17.8 Å². The van der Waals surface area contributed by atoms with Crippen LogP contribution in [0.4, 0.5) is 5.69 Å². The Morgan fingerprint density at radius 2 is 1.55 bits per heavy atom. The molecule has 1 heterocycles. The molecule has 110 valence electrons. The summed E-state index contributed by atoms with van der Waals surface area (Å²) in [6.45, 7) is 0. The van der Waals surface area contributed by atoms with Gasteiger partial charge in [-0.15, -0.1) is 0 Å². The summed E-state index contributed by atoms with van der Waals surface area (Å²) < 4.78 is 0. The van der Waals surface area contributed by atoms with Crippen LogP contribution in [0.3, 0.4) is 0 Å². The van der Waals surface area contributed by atoms with Gasteiger partial charge in [-0.25, -0.2) is 0 Å². The Hall–Kier alpha value is -2.59. The van der Waals surface area contributed by atoms with Crippen LogP contribution < -0.4 is 5.32 Å². The second-order valence-electron chi connectivity index (χ2n) is 4.92. The van der Waals surface area contributed by atoms with Gasteiger partial charge in [0.1, 0.15) is 5.70 Å². The number of para-hydroxylation sites is 1. The Balaban J connectivity index is 2.08. The van der Waals surface area contributed by atoms with E-state index in [1.807, 2.05) is 30.3 Å². The largest absolute Gasteiger partial charge is 0.350 e. The summed E-state index contributed by atoms with van der Waals surface area (Å²) in [5.74, 6) is -0.676. The molecule has 5 heteroatoms. The molecule has 2 amide bonds. The highest BCUT2D eigenvalue weighted by atomic mass is 35.5. The third-order valence-electron chi connectivity index (χ3n) is 3.46. The molecule has 0 aliphatic carbocycles. The van der Waals surface area contributed by atoms with Gasteiger partial charge >= 0.3 is 0 Å². The molecular weight excluding hydrogens is 300 g/mol. The number of hydrogen-bond acceptors (Lipinski definition) is 3. The number of amides is 2. The number of nitrogens with one attached hydrogen (secondary N) is 1. The molecule has 1 N–H and O–H groups in total. The Morgan fingerprint density at radius 1 is 0.909 bits per heavy atom. The molecule has 4 nitrogen and oxygen atoms in total. The predicted octanol–water partition coefficient (Wildman–Crippen LogP) is 3.16. The van der Waals surface area contributed by atoms with Gasteiger partial charge in [0.15, 0.2) is 0 Å². The maximum Gasteiger partial charge on any atom is 0.277 e. The number of benzene rings is 2. The van der Waals surface area contributed by atoms with E-state index >= 15 is 0 Å². The van der Waals surface area contributed by atoms with Crippen LogP contribution in [-0.4, -0.2) is 23.8 Å². The minimum atomic E-state index is -0.348. The maximum absolute atomic E-state index is 12.4. The van der Waals surface area contributed by atoms with Crippen molar-refractivity contribution in [3.8, 4) is 0 Å². The van der Waals surface area contributed by atoms with Crippen molar-refractivity contribution in [1.82, 2.24) is 4.90 Å². The number of nitrogens with zero attached hydrogens (tertiary/aromatic N) is 1. The lowest BCUT2D eigenvalue weighted by atomic mass is 10.0. The van der Waals surface area contributed by atoms with Crippen LogP contribution in [0.2, 0.25) is 5.02 Å². The van der Waals surface area contributed by atoms with Gasteiger partial charge < -0.3 is 5.32 Å². The van der Waals surface area contributed by atoms with E-state index in [9.17, 15) is 9.59 Å². The third kappa shape index (κ3) is 2.49. The second-order valence-corrected chi connectivity index (χ2v) is 5.35. The van der Waals surface area contributed by atoms with Crippen LogP contribution in [0.15, 0.2) is 60.3 Å². The van der Waals surface area contributed by atoms with E-state index in [0.717, 1.165) is 10.6 Å². The number of imide groups is 1. The summed E-state index contributed by atoms with van der Waals surface area (Å²) >= 11 is 5.88. The van der Waals surface area contributed by atoms with Gasteiger partial charge in [-0.2, -0.15) is 0 Å². The van der Waals surface area contributed by atoms with Crippen LogP contribution in [0.1, 0.15) is 5.56 Å². The Labute approximate surface area is 133 Å². The fourth-order valence-electron chi connectivity index (χ4n) is 2.31. The van der Waals surface area contributed by atoms with E-state index in [0.29, 0.717) is 16.2 Å². The van der Waals surface area contributed by atoms with E-state index < -0.39 is 0 Å². The minimum absolute atomic E-state index is 0.279. The molecule has 0 aromatic heterocycles. The fraction of sp³-hybridized carbons (Fsp3) is 0.0588. The van der Waals surface area contributed by atoms with Gasteiger partial charge in [0.25, 0.3) is 11.8 Å². The zero-order valence-electron chi connectivity index (χ0n) is 11.8. The molecule has 0 fully saturated rings. The van der Waals surface area contributed by atoms with Gasteiger partial charge in [-0.3, -0.25) is 14.5 Å². The third-order valence-corrected chi connectivity index (χ3v) is 3.72. The van der Waals surface area contributed by atoms with Crippen LogP contribution in [0.25, 0.3) is 5.57 Å². The molecule has 1 aliphatic heterocycles. The maximum atomic E-state index is 12.4. The van der Waals surface area contributed by atoms with Gasteiger partial charge in [-0.1, -0.05) is 41.9 Å². The number of carbonyl (C=O) groups excluding carboxylic acids is 2. The van der Waals surface area contributed by atoms with Crippen LogP contribution >= 0.6 is 11.6 Å². The molecule has 0 atom stereocenters. The molecule has 0 radical (unpaired) electrons. The van der Waals surface area contributed by atoms with Crippen molar-refractivity contribution in [3.05, 3.63) is 70.9 Å². The van der Waals surface area contributed by atoms with Crippen LogP contribution in [-0.2, 0) is 9.59 Å². The molecule has 3 rings (SSSR count). The topological polar surface area (TPSA) is 49.4 Å². The summed E-state index contributed by atoms with van der Waals surface area (Å²) in [6.07, 6.45) is 0. The first-order valence-corrected chi connectivity index (χ1v) is 7.10. The zero-order valence-corrected chi connectivity index (χ0v) is 12.6. The second kappa shape index (κ2) is 5.66. The Kier molecular flexibility index (Phi) is 3.69. The first-order valence-electron chi connectivity index (χ1n) is 6.72. The number of likely N-dealkylation sites (N-methyl/N-ethyl adjacent to an activating group) is 1. The highest BCUT2D eigenvalue weighted by molar-refractivity contribution is 6.36. The van der Waals surface area contributed by atoms with E-state index in [-0.39, 0.29) is 17.5 Å². The minimum Gasteiger partial charge on any atom is -0.350 e. The molecule has 1 aliphatic rings. The van der Waals surface area contributed by atoms with E-state index in [4.69, 9.17) is 11.6 Å². The summed E-state index contributed by atoms with van der Waals surface area (Å²) in [5.41, 5.74) is 2.04. The quantitative estimate of drug-likeness (QED) is 0.886. The Morgan fingerprint density at radius 3 is 2.18 bits per heavy atom.